The first-order chi connectivity index (χ1) is 13.5. The summed E-state index contributed by atoms with van der Waals surface area (Å²) in [6.07, 6.45) is 2.44. The molecular formula is C20H18Cl2N2O4S. The molecule has 1 N–H and O–H groups in total. The van der Waals surface area contributed by atoms with E-state index in [2.05, 4.69) is 5.10 Å². The SMILES string of the molecule is CCn1[nH]cc(C(=O)c2ccc(S(C)(=O)=O)c(-c3cc(Cl)cc(Cl)c3)c2C)c1=O. The standard InChI is InChI=1S/C20H18Cl2N2O4S/c1-4-24-20(26)16(10-23-24)19(25)15-5-6-17(29(3,27)28)18(11(15)2)12-7-13(21)9-14(22)8-12/h5-10,23H,4H2,1-3H3. The van der Waals surface area contributed by atoms with E-state index < -0.39 is 21.2 Å². The third-order valence-corrected chi connectivity index (χ3v) is 6.20. The molecule has 152 valence electrons. The molecular weight excluding hydrogens is 435 g/mol. The molecule has 9 heteroatoms. The average Bonchev–Trinajstić information content (AvgIpc) is 2.99. The Morgan fingerprint density at radius 3 is 2.24 bits per heavy atom. The largest absolute Gasteiger partial charge is 0.302 e. The molecule has 0 saturated carbocycles. The van der Waals surface area contributed by atoms with Gasteiger partial charge in [0.1, 0.15) is 5.56 Å². The number of halogens is 2. The van der Waals surface area contributed by atoms with Crippen molar-refractivity contribution in [2.75, 3.05) is 6.26 Å². The molecule has 0 amide bonds. The van der Waals surface area contributed by atoms with Crippen molar-refractivity contribution >= 4 is 38.8 Å². The number of hydrogen-bond acceptors (Lipinski definition) is 4. The van der Waals surface area contributed by atoms with Crippen molar-refractivity contribution in [3.63, 3.8) is 0 Å². The molecule has 0 saturated heterocycles. The molecule has 6 nitrogen and oxygen atoms in total. The van der Waals surface area contributed by atoms with Gasteiger partial charge in [0, 0.05) is 40.2 Å². The summed E-state index contributed by atoms with van der Waals surface area (Å²) in [4.78, 5) is 25.5. The van der Waals surface area contributed by atoms with Crippen LogP contribution in [0.5, 0.6) is 0 Å². The van der Waals surface area contributed by atoms with Crippen molar-refractivity contribution in [1.29, 1.82) is 0 Å². The molecule has 0 unspecified atom stereocenters. The number of sulfone groups is 1. The molecule has 1 heterocycles. The highest BCUT2D eigenvalue weighted by molar-refractivity contribution is 7.90. The zero-order valence-electron chi connectivity index (χ0n) is 15.9. The normalized spacial score (nSPS) is 11.6. The maximum Gasteiger partial charge on any atom is 0.277 e. The van der Waals surface area contributed by atoms with Gasteiger partial charge in [-0.25, -0.2) is 8.42 Å². The number of aryl methyl sites for hydroxylation is 1. The van der Waals surface area contributed by atoms with Crippen molar-refractivity contribution in [3.05, 3.63) is 73.6 Å². The van der Waals surface area contributed by atoms with E-state index in [1.165, 1.54) is 29.1 Å². The third kappa shape index (κ3) is 4.03. The van der Waals surface area contributed by atoms with Crippen LogP contribution in [0, 0.1) is 6.92 Å². The van der Waals surface area contributed by atoms with Gasteiger partial charge in [0.25, 0.3) is 5.56 Å². The van der Waals surface area contributed by atoms with Crippen LogP contribution >= 0.6 is 23.2 Å². The van der Waals surface area contributed by atoms with Gasteiger partial charge in [0.05, 0.1) is 4.90 Å². The van der Waals surface area contributed by atoms with E-state index in [0.717, 1.165) is 6.26 Å². The van der Waals surface area contributed by atoms with Gasteiger partial charge in [0.2, 0.25) is 0 Å². The fraction of sp³-hybridized carbons (Fsp3) is 0.200. The minimum absolute atomic E-state index is 0.0165. The van der Waals surface area contributed by atoms with Crippen molar-refractivity contribution in [1.82, 2.24) is 9.78 Å². The molecule has 1 aromatic heterocycles. The second kappa shape index (κ2) is 7.82. The summed E-state index contributed by atoms with van der Waals surface area (Å²) < 4.78 is 26.1. The minimum Gasteiger partial charge on any atom is -0.302 e. The summed E-state index contributed by atoms with van der Waals surface area (Å²) in [7, 11) is -3.61. The Kier molecular flexibility index (Phi) is 5.76. The highest BCUT2D eigenvalue weighted by Crippen LogP contribution is 2.36. The molecule has 0 radical (unpaired) electrons. The minimum atomic E-state index is -3.61. The first-order valence-corrected chi connectivity index (χ1v) is 11.3. The zero-order chi connectivity index (χ0) is 21.5. The number of carbonyl (C=O) groups excluding carboxylic acids is 1. The molecule has 0 aliphatic carbocycles. The Bertz CT molecular complexity index is 1270. The van der Waals surface area contributed by atoms with E-state index in [-0.39, 0.29) is 16.0 Å². The summed E-state index contributed by atoms with van der Waals surface area (Å²) in [6, 6.07) is 7.49. The Morgan fingerprint density at radius 1 is 1.10 bits per heavy atom. The van der Waals surface area contributed by atoms with Crippen LogP contribution in [0.3, 0.4) is 0 Å². The van der Waals surface area contributed by atoms with Crippen LogP contribution in [0.15, 0.2) is 46.2 Å². The lowest BCUT2D eigenvalue weighted by Gasteiger charge is -2.15. The van der Waals surface area contributed by atoms with Gasteiger partial charge in [-0.15, -0.1) is 0 Å². The van der Waals surface area contributed by atoms with E-state index in [0.29, 0.717) is 33.3 Å². The van der Waals surface area contributed by atoms with Crippen LogP contribution in [-0.4, -0.2) is 30.2 Å². The lowest BCUT2D eigenvalue weighted by molar-refractivity contribution is 0.103. The summed E-state index contributed by atoms with van der Waals surface area (Å²) >= 11 is 12.2. The van der Waals surface area contributed by atoms with Crippen LogP contribution in [0.4, 0.5) is 0 Å². The summed E-state index contributed by atoms with van der Waals surface area (Å²) in [5.41, 5.74) is 0.987. The zero-order valence-corrected chi connectivity index (χ0v) is 18.2. The fourth-order valence-electron chi connectivity index (χ4n) is 3.25. The Morgan fingerprint density at radius 2 is 1.72 bits per heavy atom. The maximum absolute atomic E-state index is 13.1. The number of rotatable bonds is 5. The topological polar surface area (TPSA) is 89.0 Å². The number of nitrogens with zero attached hydrogens (tertiary/aromatic N) is 1. The van der Waals surface area contributed by atoms with Gasteiger partial charge in [-0.3, -0.25) is 14.3 Å². The van der Waals surface area contributed by atoms with E-state index in [1.54, 1.807) is 26.0 Å². The van der Waals surface area contributed by atoms with Crippen molar-refractivity contribution in [3.8, 4) is 11.1 Å². The first kappa shape index (κ1) is 21.4. The molecule has 0 atom stereocenters. The average molecular weight is 453 g/mol. The maximum atomic E-state index is 13.1. The van der Waals surface area contributed by atoms with Crippen LogP contribution < -0.4 is 5.56 Å². The smallest absolute Gasteiger partial charge is 0.277 e. The number of nitrogens with one attached hydrogen (secondary N) is 1. The van der Waals surface area contributed by atoms with Crippen molar-refractivity contribution in [2.45, 2.75) is 25.3 Å². The fourth-order valence-corrected chi connectivity index (χ4v) is 4.73. The summed E-state index contributed by atoms with van der Waals surface area (Å²) in [5, 5.41) is 3.41. The molecule has 29 heavy (non-hydrogen) atoms. The van der Waals surface area contributed by atoms with Gasteiger partial charge in [-0.05, 0) is 55.3 Å². The number of aromatic nitrogens is 2. The van der Waals surface area contributed by atoms with Gasteiger partial charge in [-0.2, -0.15) is 0 Å². The van der Waals surface area contributed by atoms with Crippen LogP contribution in [-0.2, 0) is 16.4 Å². The Balaban J connectivity index is 2.30. The molecule has 0 aliphatic rings. The molecule has 3 aromatic rings. The second-order valence-electron chi connectivity index (χ2n) is 6.61. The monoisotopic (exact) mass is 452 g/mol. The van der Waals surface area contributed by atoms with Gasteiger partial charge < -0.3 is 5.10 Å². The van der Waals surface area contributed by atoms with Gasteiger partial charge >= 0.3 is 0 Å². The first-order valence-electron chi connectivity index (χ1n) is 8.67. The quantitative estimate of drug-likeness (QED) is 0.589. The Hall–Kier alpha value is -2.35. The van der Waals surface area contributed by atoms with Gasteiger partial charge in [0.15, 0.2) is 15.6 Å². The number of hydrogen-bond donors (Lipinski definition) is 1. The number of ketones is 1. The summed E-state index contributed by atoms with van der Waals surface area (Å²) in [6.45, 7) is 3.81. The Labute approximate surface area is 178 Å². The van der Waals surface area contributed by atoms with Crippen LogP contribution in [0.25, 0.3) is 11.1 Å². The van der Waals surface area contributed by atoms with Crippen molar-refractivity contribution in [2.24, 2.45) is 0 Å². The van der Waals surface area contributed by atoms with E-state index in [4.69, 9.17) is 23.2 Å². The van der Waals surface area contributed by atoms with Crippen LogP contribution in [0.2, 0.25) is 10.0 Å². The number of aromatic amines is 1. The van der Waals surface area contributed by atoms with E-state index in [1.807, 2.05) is 0 Å². The van der Waals surface area contributed by atoms with E-state index >= 15 is 0 Å². The number of H-pyrrole nitrogens is 1. The predicted molar refractivity (Wildman–Crippen MR) is 114 cm³/mol. The number of benzene rings is 2. The molecule has 0 bridgehead atoms. The summed E-state index contributed by atoms with van der Waals surface area (Å²) in [5.74, 6) is -0.495. The molecule has 0 fully saturated rings. The molecule has 0 aliphatic heterocycles. The van der Waals surface area contributed by atoms with Crippen molar-refractivity contribution < 1.29 is 13.2 Å². The lowest BCUT2D eigenvalue weighted by Crippen LogP contribution is -2.21. The lowest BCUT2D eigenvalue weighted by atomic mass is 9.93. The van der Waals surface area contributed by atoms with Gasteiger partial charge in [-0.1, -0.05) is 23.2 Å². The number of carbonyl (C=O) groups is 1. The molecule has 0 spiro atoms. The van der Waals surface area contributed by atoms with Crippen LogP contribution in [0.1, 0.15) is 28.4 Å². The third-order valence-electron chi connectivity index (χ3n) is 4.62. The second-order valence-corrected chi connectivity index (χ2v) is 9.46. The van der Waals surface area contributed by atoms with E-state index in [9.17, 15) is 18.0 Å². The molecule has 3 rings (SSSR count). The molecule has 2 aromatic carbocycles. The predicted octanol–water partition coefficient (Wildman–Crippen LogP) is 4.11. The highest BCUT2D eigenvalue weighted by Gasteiger charge is 2.24. The highest BCUT2D eigenvalue weighted by atomic mass is 35.5.